The Bertz CT molecular complexity index is 454. The summed E-state index contributed by atoms with van der Waals surface area (Å²) < 4.78 is 0. The number of Topliss-reactive ketones (excluding diaryl/α,β-unsaturated/α-hetero) is 1. The van der Waals surface area contributed by atoms with E-state index < -0.39 is 11.7 Å². The van der Waals surface area contributed by atoms with E-state index in [4.69, 9.17) is 5.73 Å². The van der Waals surface area contributed by atoms with Gasteiger partial charge in [-0.3, -0.25) is 9.59 Å². The molecule has 0 saturated heterocycles. The molecule has 16 heavy (non-hydrogen) atoms. The molecule has 0 spiro atoms. The first kappa shape index (κ1) is 10.8. The minimum atomic E-state index is -0.457. The van der Waals surface area contributed by atoms with Crippen molar-refractivity contribution in [2.24, 2.45) is 5.73 Å². The summed E-state index contributed by atoms with van der Waals surface area (Å²) in [6.45, 7) is 2.76. The number of nitrogens with zero attached hydrogens (tertiary/aromatic N) is 1. The maximum absolute atomic E-state index is 11.7. The fraction of sp³-hybridized carbons (Fsp3) is 0.333. The molecule has 1 aromatic carbocycles. The number of ketones is 1. The Kier molecular flexibility index (Phi) is 2.75. The highest BCUT2D eigenvalue weighted by atomic mass is 16.2. The quantitative estimate of drug-likeness (QED) is 0.761. The fourth-order valence-electron chi connectivity index (χ4n) is 2.06. The second kappa shape index (κ2) is 4.06. The predicted octanol–water partition coefficient (Wildman–Crippen LogP) is 0.737. The number of nitrogens with two attached hydrogens (primary N) is 1. The summed E-state index contributed by atoms with van der Waals surface area (Å²) in [7, 11) is 0. The number of amides is 1. The molecule has 1 aromatic rings. The Hall–Kier alpha value is -1.68. The minimum Gasteiger partial charge on any atom is -0.329 e. The lowest BCUT2D eigenvalue weighted by Crippen LogP contribution is -2.34. The normalized spacial score (nSPS) is 14.5. The van der Waals surface area contributed by atoms with Gasteiger partial charge >= 0.3 is 0 Å². The van der Waals surface area contributed by atoms with Crippen LogP contribution < -0.4 is 10.6 Å². The molecule has 4 heteroatoms. The first-order chi connectivity index (χ1) is 7.70. The second-order valence-corrected chi connectivity index (χ2v) is 3.74. The summed E-state index contributed by atoms with van der Waals surface area (Å²) in [5, 5.41) is 0. The number of carbonyl (C=O) groups excluding carboxylic acids is 2. The number of anilines is 1. The Morgan fingerprint density at radius 1 is 1.31 bits per heavy atom. The van der Waals surface area contributed by atoms with Gasteiger partial charge in [-0.15, -0.1) is 0 Å². The molecule has 0 radical (unpaired) electrons. The van der Waals surface area contributed by atoms with Gasteiger partial charge < -0.3 is 10.6 Å². The van der Waals surface area contributed by atoms with Crippen molar-refractivity contribution in [3.63, 3.8) is 0 Å². The molecular weight excluding hydrogens is 204 g/mol. The van der Waals surface area contributed by atoms with E-state index in [1.54, 1.807) is 6.07 Å². The predicted molar refractivity (Wildman–Crippen MR) is 61.6 cm³/mol. The van der Waals surface area contributed by atoms with Crippen LogP contribution in [0.1, 0.15) is 22.8 Å². The molecule has 1 amide bonds. The van der Waals surface area contributed by atoms with Gasteiger partial charge in [-0.1, -0.05) is 19.1 Å². The van der Waals surface area contributed by atoms with Crippen molar-refractivity contribution >= 4 is 17.4 Å². The van der Waals surface area contributed by atoms with Gasteiger partial charge in [-0.2, -0.15) is 0 Å². The summed E-state index contributed by atoms with van der Waals surface area (Å²) in [5.74, 6) is -0.875. The first-order valence-corrected chi connectivity index (χ1v) is 5.38. The van der Waals surface area contributed by atoms with E-state index in [-0.39, 0.29) is 0 Å². The van der Waals surface area contributed by atoms with E-state index in [9.17, 15) is 9.59 Å². The Balaban J connectivity index is 2.57. The molecule has 0 bridgehead atoms. The average Bonchev–Trinajstić information content (AvgIpc) is 2.55. The molecule has 0 unspecified atom stereocenters. The summed E-state index contributed by atoms with van der Waals surface area (Å²) in [6.07, 6.45) is 0.796. The highest BCUT2D eigenvalue weighted by Gasteiger charge is 2.36. The average molecular weight is 218 g/mol. The van der Waals surface area contributed by atoms with E-state index >= 15 is 0 Å². The van der Waals surface area contributed by atoms with E-state index in [0.717, 1.165) is 17.7 Å². The third kappa shape index (κ3) is 1.42. The van der Waals surface area contributed by atoms with Crippen molar-refractivity contribution in [1.82, 2.24) is 0 Å². The van der Waals surface area contributed by atoms with Gasteiger partial charge in [0.2, 0.25) is 0 Å². The third-order valence-electron chi connectivity index (χ3n) is 2.81. The SMILES string of the molecule is CCc1cccc2c1N(CCN)C(=O)C2=O. The van der Waals surface area contributed by atoms with Crippen molar-refractivity contribution < 1.29 is 9.59 Å². The molecule has 0 aromatic heterocycles. The molecule has 2 N–H and O–H groups in total. The standard InChI is InChI=1S/C12H14N2O2/c1-2-8-4-3-5-9-10(8)14(7-6-13)12(16)11(9)15/h3-5H,2,6-7,13H2,1H3. The van der Waals surface area contributed by atoms with Crippen LogP contribution in [0, 0.1) is 0 Å². The summed E-state index contributed by atoms with van der Waals surface area (Å²) in [5.41, 5.74) is 7.75. The molecule has 84 valence electrons. The number of fused-ring (bicyclic) bond motifs is 1. The highest BCUT2D eigenvalue weighted by Crippen LogP contribution is 2.32. The molecule has 0 saturated carbocycles. The maximum Gasteiger partial charge on any atom is 0.299 e. The number of para-hydroxylation sites is 1. The molecular formula is C12H14N2O2. The topological polar surface area (TPSA) is 63.4 Å². The van der Waals surface area contributed by atoms with Gasteiger partial charge in [-0.25, -0.2) is 0 Å². The largest absolute Gasteiger partial charge is 0.329 e. The van der Waals surface area contributed by atoms with Crippen LogP contribution >= 0.6 is 0 Å². The zero-order valence-electron chi connectivity index (χ0n) is 9.19. The monoisotopic (exact) mass is 218 g/mol. The lowest BCUT2D eigenvalue weighted by atomic mass is 10.0. The van der Waals surface area contributed by atoms with E-state index in [2.05, 4.69) is 0 Å². The molecule has 1 heterocycles. The van der Waals surface area contributed by atoms with Gasteiger partial charge in [0.25, 0.3) is 11.7 Å². The van der Waals surface area contributed by atoms with Crippen molar-refractivity contribution in [3.8, 4) is 0 Å². The van der Waals surface area contributed by atoms with E-state index in [1.807, 2.05) is 19.1 Å². The molecule has 2 rings (SSSR count). The second-order valence-electron chi connectivity index (χ2n) is 3.74. The van der Waals surface area contributed by atoms with Crippen molar-refractivity contribution in [2.75, 3.05) is 18.0 Å². The van der Waals surface area contributed by atoms with Crippen LogP contribution in [-0.2, 0) is 11.2 Å². The van der Waals surface area contributed by atoms with E-state index in [1.165, 1.54) is 4.90 Å². The van der Waals surface area contributed by atoms with Crippen molar-refractivity contribution in [1.29, 1.82) is 0 Å². The van der Waals surface area contributed by atoms with E-state index in [0.29, 0.717) is 18.7 Å². The Labute approximate surface area is 94.0 Å². The van der Waals surface area contributed by atoms with Gasteiger partial charge in [0, 0.05) is 13.1 Å². The van der Waals surface area contributed by atoms with Crippen LogP contribution in [0.5, 0.6) is 0 Å². The van der Waals surface area contributed by atoms with Crippen LogP contribution in [-0.4, -0.2) is 24.8 Å². The van der Waals surface area contributed by atoms with Gasteiger partial charge in [0.05, 0.1) is 11.3 Å². The summed E-state index contributed by atoms with van der Waals surface area (Å²) in [4.78, 5) is 25.0. The van der Waals surface area contributed by atoms with Crippen LogP contribution in [0.2, 0.25) is 0 Å². The first-order valence-electron chi connectivity index (χ1n) is 5.38. The smallest absolute Gasteiger partial charge is 0.299 e. The molecule has 0 aliphatic carbocycles. The lowest BCUT2D eigenvalue weighted by Gasteiger charge is -2.17. The van der Waals surface area contributed by atoms with Gasteiger partial charge in [0.1, 0.15) is 0 Å². The zero-order valence-corrected chi connectivity index (χ0v) is 9.19. The molecule has 4 nitrogen and oxygen atoms in total. The summed E-state index contributed by atoms with van der Waals surface area (Å²) >= 11 is 0. The molecule has 0 atom stereocenters. The van der Waals surface area contributed by atoms with Crippen molar-refractivity contribution in [3.05, 3.63) is 29.3 Å². The Morgan fingerprint density at radius 3 is 2.69 bits per heavy atom. The zero-order chi connectivity index (χ0) is 11.7. The number of hydrogen-bond donors (Lipinski definition) is 1. The lowest BCUT2D eigenvalue weighted by molar-refractivity contribution is -0.114. The number of rotatable bonds is 3. The third-order valence-corrected chi connectivity index (χ3v) is 2.81. The number of benzene rings is 1. The maximum atomic E-state index is 11.7. The number of hydrogen-bond acceptors (Lipinski definition) is 3. The number of carbonyl (C=O) groups is 2. The molecule has 1 aliphatic heterocycles. The highest BCUT2D eigenvalue weighted by molar-refractivity contribution is 6.52. The Morgan fingerprint density at radius 2 is 2.06 bits per heavy atom. The van der Waals surface area contributed by atoms with Crippen LogP contribution in [0.25, 0.3) is 0 Å². The molecule has 0 fully saturated rings. The van der Waals surface area contributed by atoms with Crippen LogP contribution in [0.15, 0.2) is 18.2 Å². The molecule has 1 aliphatic rings. The van der Waals surface area contributed by atoms with Crippen LogP contribution in [0.4, 0.5) is 5.69 Å². The summed E-state index contributed by atoms with van der Waals surface area (Å²) in [6, 6.07) is 5.45. The number of aryl methyl sites for hydroxylation is 1. The van der Waals surface area contributed by atoms with Gasteiger partial charge in [-0.05, 0) is 18.1 Å². The fourth-order valence-corrected chi connectivity index (χ4v) is 2.06. The van der Waals surface area contributed by atoms with Crippen molar-refractivity contribution in [2.45, 2.75) is 13.3 Å². The minimum absolute atomic E-state index is 0.358. The van der Waals surface area contributed by atoms with Gasteiger partial charge in [0.15, 0.2) is 0 Å². The van der Waals surface area contributed by atoms with Crippen LogP contribution in [0.3, 0.4) is 0 Å².